The van der Waals surface area contributed by atoms with Gasteiger partial charge in [-0.3, -0.25) is 4.79 Å². The summed E-state index contributed by atoms with van der Waals surface area (Å²) in [7, 11) is 3.32. The number of aliphatic hydroxyl groups is 1. The molecule has 0 aliphatic carbocycles. The van der Waals surface area contributed by atoms with Crippen LogP contribution in [0.2, 0.25) is 0 Å². The lowest BCUT2D eigenvalue weighted by Gasteiger charge is -2.28. The summed E-state index contributed by atoms with van der Waals surface area (Å²) >= 11 is 0. The van der Waals surface area contributed by atoms with E-state index in [4.69, 9.17) is 19.9 Å². The largest absolute Gasteiger partial charge is 0.493 e. The minimum atomic E-state index is -0.788. The number of rotatable bonds is 17. The third-order valence-electron chi connectivity index (χ3n) is 6.49. The van der Waals surface area contributed by atoms with Crippen LogP contribution in [0.3, 0.4) is 0 Å². The molecule has 0 saturated carbocycles. The Hall–Kier alpha value is -1.83. The molecule has 4 N–H and O–H groups in total. The maximum Gasteiger partial charge on any atom is 0.220 e. The molecule has 0 heterocycles. The first kappa shape index (κ1) is 32.2. The summed E-state index contributed by atoms with van der Waals surface area (Å²) in [5.41, 5.74) is 7.72. The van der Waals surface area contributed by atoms with Gasteiger partial charge in [0.2, 0.25) is 5.91 Å². The van der Waals surface area contributed by atoms with E-state index < -0.39 is 12.1 Å². The van der Waals surface area contributed by atoms with Gasteiger partial charge in [0.15, 0.2) is 11.5 Å². The molecule has 0 aromatic heterocycles. The van der Waals surface area contributed by atoms with E-state index in [9.17, 15) is 9.90 Å². The lowest BCUT2D eigenvalue weighted by Crippen LogP contribution is -2.45. The number of benzene rings is 1. The van der Waals surface area contributed by atoms with E-state index >= 15 is 0 Å². The molecule has 0 spiro atoms. The molecular formula is C29H52N2O5. The molecule has 36 heavy (non-hydrogen) atoms. The van der Waals surface area contributed by atoms with Gasteiger partial charge in [-0.25, -0.2) is 0 Å². The maximum atomic E-state index is 12.3. The Morgan fingerprint density at radius 3 is 2.39 bits per heavy atom. The van der Waals surface area contributed by atoms with Gasteiger partial charge in [-0.15, -0.1) is 0 Å². The Kier molecular flexibility index (Phi) is 14.4. The highest BCUT2D eigenvalue weighted by atomic mass is 16.5. The molecule has 0 radical (unpaired) electrons. The number of carbonyl (C=O) groups excluding carboxylic acids is 1. The summed E-state index contributed by atoms with van der Waals surface area (Å²) in [6.45, 7) is 14.4. The normalized spacial score (nSPS) is 15.3. The molecule has 0 fully saturated rings. The average molecular weight is 509 g/mol. The highest BCUT2D eigenvalue weighted by molar-refractivity contribution is 5.76. The fraction of sp³-hybridized carbons (Fsp3) is 0.759. The van der Waals surface area contributed by atoms with Crippen molar-refractivity contribution in [2.75, 3.05) is 34.0 Å². The molecule has 1 aromatic rings. The lowest BCUT2D eigenvalue weighted by atomic mass is 9.83. The third-order valence-corrected chi connectivity index (χ3v) is 6.49. The fourth-order valence-corrected chi connectivity index (χ4v) is 4.62. The van der Waals surface area contributed by atoms with E-state index in [0.29, 0.717) is 43.6 Å². The summed E-state index contributed by atoms with van der Waals surface area (Å²) in [5, 5.41) is 13.5. The van der Waals surface area contributed by atoms with Crippen molar-refractivity contribution in [1.29, 1.82) is 0 Å². The number of nitrogens with one attached hydrogen (secondary N) is 1. The van der Waals surface area contributed by atoms with Gasteiger partial charge in [-0.05, 0) is 60.1 Å². The van der Waals surface area contributed by atoms with Gasteiger partial charge in [0.1, 0.15) is 0 Å². The summed E-state index contributed by atoms with van der Waals surface area (Å²) in [5.74, 6) is 2.34. The van der Waals surface area contributed by atoms with Crippen LogP contribution in [0.15, 0.2) is 18.2 Å². The van der Waals surface area contributed by atoms with Crippen molar-refractivity contribution in [3.05, 3.63) is 23.8 Å². The quantitative estimate of drug-likeness (QED) is 0.266. The van der Waals surface area contributed by atoms with Crippen LogP contribution in [0, 0.1) is 23.2 Å². The molecule has 1 rings (SSSR count). The maximum absolute atomic E-state index is 12.3. The predicted octanol–water partition coefficient (Wildman–Crippen LogP) is 4.58. The summed E-state index contributed by atoms with van der Waals surface area (Å²) in [4.78, 5) is 12.3. The minimum Gasteiger partial charge on any atom is -0.493 e. The second-order valence-corrected chi connectivity index (χ2v) is 11.7. The number of amides is 1. The summed E-state index contributed by atoms with van der Waals surface area (Å²) in [6.07, 6.45) is 2.92. The molecule has 208 valence electrons. The number of hydrogen-bond donors (Lipinski definition) is 3. The fourth-order valence-electron chi connectivity index (χ4n) is 4.62. The van der Waals surface area contributed by atoms with Crippen LogP contribution < -0.4 is 20.5 Å². The van der Waals surface area contributed by atoms with Crippen molar-refractivity contribution in [1.82, 2.24) is 5.32 Å². The van der Waals surface area contributed by atoms with E-state index in [0.717, 1.165) is 30.6 Å². The van der Waals surface area contributed by atoms with Gasteiger partial charge >= 0.3 is 0 Å². The van der Waals surface area contributed by atoms with Crippen molar-refractivity contribution >= 4 is 5.91 Å². The second-order valence-electron chi connectivity index (χ2n) is 11.7. The van der Waals surface area contributed by atoms with Crippen molar-refractivity contribution in [3.8, 4) is 11.5 Å². The van der Waals surface area contributed by atoms with E-state index in [1.807, 2.05) is 12.1 Å². The van der Waals surface area contributed by atoms with Crippen LogP contribution >= 0.6 is 0 Å². The number of hydrogen-bond acceptors (Lipinski definition) is 6. The topological polar surface area (TPSA) is 103 Å². The standard InChI is InChI=1S/C29H52N2O5/c1-20(2)23(15-22-10-11-26(35-8)27(16-22)36-13-9-12-34-7)17-24(30)25(32)19-31-28(33)14-21(3)18-29(4,5)6/h10-11,16,20-21,23-25,32H,9,12-15,17-19,30H2,1-8H3,(H,31,33). The van der Waals surface area contributed by atoms with Crippen LogP contribution in [0.25, 0.3) is 0 Å². The zero-order valence-electron chi connectivity index (χ0n) is 23.9. The number of methoxy groups -OCH3 is 2. The SMILES string of the molecule is COCCCOc1cc(CC(CC(N)C(O)CNC(=O)CC(C)CC(C)(C)C)C(C)C)ccc1OC. The molecule has 4 unspecified atom stereocenters. The Labute approximate surface area is 219 Å². The molecular weight excluding hydrogens is 456 g/mol. The van der Waals surface area contributed by atoms with Gasteiger partial charge in [0.25, 0.3) is 0 Å². The molecule has 1 amide bonds. The van der Waals surface area contributed by atoms with Gasteiger partial charge in [-0.2, -0.15) is 0 Å². The predicted molar refractivity (Wildman–Crippen MR) is 146 cm³/mol. The number of carbonyl (C=O) groups is 1. The molecule has 7 nitrogen and oxygen atoms in total. The number of aliphatic hydroxyl groups excluding tert-OH is 1. The Balaban J connectivity index is 2.67. The molecule has 0 aliphatic heterocycles. The van der Waals surface area contributed by atoms with E-state index in [1.54, 1.807) is 14.2 Å². The number of nitrogens with two attached hydrogens (primary N) is 1. The second kappa shape index (κ2) is 16.1. The van der Waals surface area contributed by atoms with Gasteiger partial charge in [0, 0.05) is 39.1 Å². The van der Waals surface area contributed by atoms with Crippen molar-refractivity contribution < 1.29 is 24.1 Å². The Morgan fingerprint density at radius 2 is 1.81 bits per heavy atom. The monoisotopic (exact) mass is 508 g/mol. The molecule has 1 aromatic carbocycles. The van der Waals surface area contributed by atoms with E-state index in [-0.39, 0.29) is 23.8 Å². The van der Waals surface area contributed by atoms with Crippen LogP contribution in [0.5, 0.6) is 11.5 Å². The van der Waals surface area contributed by atoms with Crippen molar-refractivity contribution in [3.63, 3.8) is 0 Å². The smallest absolute Gasteiger partial charge is 0.220 e. The first-order valence-corrected chi connectivity index (χ1v) is 13.3. The van der Waals surface area contributed by atoms with Gasteiger partial charge in [0.05, 0.1) is 19.8 Å². The lowest BCUT2D eigenvalue weighted by molar-refractivity contribution is -0.122. The third kappa shape index (κ3) is 12.9. The summed E-state index contributed by atoms with van der Waals surface area (Å²) < 4.78 is 16.5. The van der Waals surface area contributed by atoms with Crippen molar-refractivity contribution in [2.45, 2.75) is 85.8 Å². The average Bonchev–Trinajstić information content (AvgIpc) is 2.78. The highest BCUT2D eigenvalue weighted by Crippen LogP contribution is 2.31. The van der Waals surface area contributed by atoms with Crippen LogP contribution in [0.4, 0.5) is 0 Å². The molecule has 0 saturated heterocycles. The van der Waals surface area contributed by atoms with E-state index in [1.165, 1.54) is 0 Å². The molecule has 4 atom stereocenters. The van der Waals surface area contributed by atoms with Crippen molar-refractivity contribution in [2.24, 2.45) is 28.9 Å². The number of ether oxygens (including phenoxy) is 3. The minimum absolute atomic E-state index is 0.0327. The zero-order chi connectivity index (χ0) is 27.3. The van der Waals surface area contributed by atoms with Crippen LogP contribution in [-0.2, 0) is 16.0 Å². The Bertz CT molecular complexity index is 763. The highest BCUT2D eigenvalue weighted by Gasteiger charge is 2.24. The van der Waals surface area contributed by atoms with Gasteiger partial charge in [-0.1, -0.05) is 47.6 Å². The van der Waals surface area contributed by atoms with Crippen LogP contribution in [-0.4, -0.2) is 57.1 Å². The zero-order valence-corrected chi connectivity index (χ0v) is 23.9. The Morgan fingerprint density at radius 1 is 1.11 bits per heavy atom. The van der Waals surface area contributed by atoms with Gasteiger partial charge < -0.3 is 30.4 Å². The summed E-state index contributed by atoms with van der Waals surface area (Å²) in [6, 6.07) is 5.59. The van der Waals surface area contributed by atoms with Crippen LogP contribution in [0.1, 0.15) is 72.8 Å². The molecule has 7 heteroatoms. The first-order valence-electron chi connectivity index (χ1n) is 13.3. The molecule has 0 bridgehead atoms. The van der Waals surface area contributed by atoms with E-state index in [2.05, 4.69) is 52.9 Å². The molecule has 0 aliphatic rings. The first-order chi connectivity index (χ1) is 16.9.